The Morgan fingerprint density at radius 2 is 2.00 bits per heavy atom. The molecule has 4 nitrogen and oxygen atoms in total. The van der Waals surface area contributed by atoms with E-state index in [4.69, 9.17) is 10.5 Å². The molecule has 0 spiro atoms. The van der Waals surface area contributed by atoms with Crippen LogP contribution in [0.15, 0.2) is 24.3 Å². The maximum absolute atomic E-state index is 12.2. The van der Waals surface area contributed by atoms with E-state index in [9.17, 15) is 4.79 Å². The van der Waals surface area contributed by atoms with Gasteiger partial charge in [0.1, 0.15) is 0 Å². The van der Waals surface area contributed by atoms with Crippen molar-refractivity contribution in [3.63, 3.8) is 0 Å². The van der Waals surface area contributed by atoms with Crippen LogP contribution >= 0.6 is 0 Å². The average molecular weight is 290 g/mol. The highest BCUT2D eigenvalue weighted by molar-refractivity contribution is 5.78. The summed E-state index contributed by atoms with van der Waals surface area (Å²) in [5.41, 5.74) is 7.94. The van der Waals surface area contributed by atoms with E-state index in [1.54, 1.807) is 7.11 Å². The van der Waals surface area contributed by atoms with Crippen LogP contribution in [0.4, 0.5) is 0 Å². The second kappa shape index (κ2) is 8.15. The summed E-state index contributed by atoms with van der Waals surface area (Å²) in [6.45, 7) is 1.94. The molecular weight excluding hydrogens is 264 g/mol. The van der Waals surface area contributed by atoms with E-state index >= 15 is 0 Å². The molecular formula is C17H26N2O2. The fourth-order valence-corrected chi connectivity index (χ4v) is 2.99. The third-order valence-electron chi connectivity index (χ3n) is 4.32. The molecule has 0 aromatic heterocycles. The van der Waals surface area contributed by atoms with Gasteiger partial charge in [-0.3, -0.25) is 4.79 Å². The number of nitrogens with two attached hydrogens (primary N) is 1. The van der Waals surface area contributed by atoms with Crippen molar-refractivity contribution in [3.05, 3.63) is 35.4 Å². The molecule has 21 heavy (non-hydrogen) atoms. The van der Waals surface area contributed by atoms with E-state index in [0.29, 0.717) is 19.1 Å². The van der Waals surface area contributed by atoms with Gasteiger partial charge in [0.2, 0.25) is 5.91 Å². The minimum absolute atomic E-state index is 0.162. The fourth-order valence-electron chi connectivity index (χ4n) is 2.99. The van der Waals surface area contributed by atoms with Crippen LogP contribution in [0, 0.1) is 11.8 Å². The Morgan fingerprint density at radius 3 is 2.67 bits per heavy atom. The molecule has 0 radical (unpaired) electrons. The van der Waals surface area contributed by atoms with Crippen molar-refractivity contribution in [2.24, 2.45) is 17.6 Å². The highest BCUT2D eigenvalue weighted by Gasteiger charge is 2.25. The van der Waals surface area contributed by atoms with Crippen LogP contribution in [0.5, 0.6) is 0 Å². The Kier molecular flexibility index (Phi) is 6.21. The van der Waals surface area contributed by atoms with Gasteiger partial charge >= 0.3 is 0 Å². The SMILES string of the molecule is COCc1cccc(CNC(=O)C2CCC(CN)CC2)c1. The first-order chi connectivity index (χ1) is 10.2. The molecule has 2 rings (SSSR count). The lowest BCUT2D eigenvalue weighted by Gasteiger charge is -2.26. The second-order valence-electron chi connectivity index (χ2n) is 5.92. The molecule has 4 heteroatoms. The summed E-state index contributed by atoms with van der Waals surface area (Å²) in [7, 11) is 1.69. The minimum Gasteiger partial charge on any atom is -0.380 e. The van der Waals surface area contributed by atoms with E-state index in [0.717, 1.165) is 43.4 Å². The van der Waals surface area contributed by atoms with Crippen LogP contribution in [-0.4, -0.2) is 19.6 Å². The summed E-state index contributed by atoms with van der Waals surface area (Å²) < 4.78 is 5.13. The molecule has 1 aromatic rings. The standard InChI is InChI=1S/C17H26N2O2/c1-21-12-15-4-2-3-14(9-15)11-19-17(20)16-7-5-13(10-18)6-8-16/h2-4,9,13,16H,5-8,10-12,18H2,1H3,(H,19,20). The normalized spacial score (nSPS) is 22.0. The molecule has 1 aliphatic rings. The highest BCUT2D eigenvalue weighted by Crippen LogP contribution is 2.28. The molecule has 1 fully saturated rings. The van der Waals surface area contributed by atoms with E-state index in [2.05, 4.69) is 11.4 Å². The van der Waals surface area contributed by atoms with E-state index < -0.39 is 0 Å². The Hall–Kier alpha value is -1.39. The number of methoxy groups -OCH3 is 1. The molecule has 116 valence electrons. The van der Waals surface area contributed by atoms with Crippen LogP contribution in [0.1, 0.15) is 36.8 Å². The van der Waals surface area contributed by atoms with Crippen molar-refractivity contribution in [2.45, 2.75) is 38.8 Å². The van der Waals surface area contributed by atoms with Gasteiger partial charge in [-0.2, -0.15) is 0 Å². The quantitative estimate of drug-likeness (QED) is 0.844. The van der Waals surface area contributed by atoms with Crippen molar-refractivity contribution in [1.29, 1.82) is 0 Å². The molecule has 0 bridgehead atoms. The molecule has 1 amide bonds. The molecule has 0 heterocycles. The highest BCUT2D eigenvalue weighted by atomic mass is 16.5. The molecule has 0 unspecified atom stereocenters. The number of carbonyl (C=O) groups is 1. The van der Waals surface area contributed by atoms with Gasteiger partial charge in [-0.25, -0.2) is 0 Å². The largest absolute Gasteiger partial charge is 0.380 e. The van der Waals surface area contributed by atoms with Crippen molar-refractivity contribution < 1.29 is 9.53 Å². The number of benzene rings is 1. The van der Waals surface area contributed by atoms with Crippen molar-refractivity contribution in [2.75, 3.05) is 13.7 Å². The first-order valence-electron chi connectivity index (χ1n) is 7.77. The number of amides is 1. The zero-order valence-corrected chi connectivity index (χ0v) is 12.8. The lowest BCUT2D eigenvalue weighted by Crippen LogP contribution is -2.33. The molecule has 0 saturated heterocycles. The summed E-state index contributed by atoms with van der Waals surface area (Å²) in [4.78, 5) is 12.2. The Labute approximate surface area is 127 Å². The second-order valence-corrected chi connectivity index (χ2v) is 5.92. The number of hydrogen-bond donors (Lipinski definition) is 2. The summed E-state index contributed by atoms with van der Waals surface area (Å²) in [6.07, 6.45) is 4.10. The summed E-state index contributed by atoms with van der Waals surface area (Å²) in [6, 6.07) is 8.14. The molecule has 1 aliphatic carbocycles. The van der Waals surface area contributed by atoms with Gasteiger partial charge < -0.3 is 15.8 Å². The average Bonchev–Trinajstić information content (AvgIpc) is 2.53. The van der Waals surface area contributed by atoms with Gasteiger partial charge in [-0.05, 0) is 49.3 Å². The number of hydrogen-bond acceptors (Lipinski definition) is 3. The van der Waals surface area contributed by atoms with E-state index in [1.807, 2.05) is 18.2 Å². The summed E-state index contributed by atoms with van der Waals surface area (Å²) in [5, 5.41) is 3.06. The monoisotopic (exact) mass is 290 g/mol. The topological polar surface area (TPSA) is 64.3 Å². The van der Waals surface area contributed by atoms with Crippen LogP contribution in [0.3, 0.4) is 0 Å². The number of ether oxygens (including phenoxy) is 1. The van der Waals surface area contributed by atoms with Gasteiger partial charge in [-0.15, -0.1) is 0 Å². The van der Waals surface area contributed by atoms with Gasteiger partial charge in [0, 0.05) is 19.6 Å². The Morgan fingerprint density at radius 1 is 1.29 bits per heavy atom. The lowest BCUT2D eigenvalue weighted by atomic mass is 9.81. The van der Waals surface area contributed by atoms with Crippen molar-refractivity contribution in [3.8, 4) is 0 Å². The molecule has 1 saturated carbocycles. The maximum Gasteiger partial charge on any atom is 0.223 e. The number of carbonyl (C=O) groups excluding carboxylic acids is 1. The van der Waals surface area contributed by atoms with E-state index in [1.165, 1.54) is 0 Å². The lowest BCUT2D eigenvalue weighted by molar-refractivity contribution is -0.126. The van der Waals surface area contributed by atoms with Crippen molar-refractivity contribution >= 4 is 5.91 Å². The Balaban J connectivity index is 1.80. The minimum atomic E-state index is 0.162. The first-order valence-corrected chi connectivity index (χ1v) is 7.77. The molecule has 0 atom stereocenters. The fraction of sp³-hybridized carbons (Fsp3) is 0.588. The third-order valence-corrected chi connectivity index (χ3v) is 4.32. The number of rotatable bonds is 6. The van der Waals surface area contributed by atoms with Gasteiger partial charge in [0.25, 0.3) is 0 Å². The maximum atomic E-state index is 12.2. The van der Waals surface area contributed by atoms with Gasteiger partial charge in [0.15, 0.2) is 0 Å². The number of nitrogens with one attached hydrogen (secondary N) is 1. The van der Waals surface area contributed by atoms with Gasteiger partial charge in [0.05, 0.1) is 6.61 Å². The van der Waals surface area contributed by atoms with Crippen LogP contribution in [-0.2, 0) is 22.7 Å². The summed E-state index contributed by atoms with van der Waals surface area (Å²) in [5.74, 6) is 0.956. The van der Waals surface area contributed by atoms with E-state index in [-0.39, 0.29) is 11.8 Å². The van der Waals surface area contributed by atoms with Crippen LogP contribution < -0.4 is 11.1 Å². The smallest absolute Gasteiger partial charge is 0.223 e. The molecule has 1 aromatic carbocycles. The first kappa shape index (κ1) is 16.0. The van der Waals surface area contributed by atoms with Crippen LogP contribution in [0.25, 0.3) is 0 Å². The van der Waals surface area contributed by atoms with Gasteiger partial charge in [-0.1, -0.05) is 24.3 Å². The Bertz CT molecular complexity index is 454. The zero-order chi connectivity index (χ0) is 15.1. The third kappa shape index (κ3) is 4.83. The summed E-state index contributed by atoms with van der Waals surface area (Å²) >= 11 is 0. The molecule has 3 N–H and O–H groups in total. The van der Waals surface area contributed by atoms with Crippen molar-refractivity contribution in [1.82, 2.24) is 5.32 Å². The predicted molar refractivity (Wildman–Crippen MR) is 83.5 cm³/mol. The predicted octanol–water partition coefficient (Wildman–Crippen LogP) is 2.21. The van der Waals surface area contributed by atoms with Crippen LogP contribution in [0.2, 0.25) is 0 Å². The molecule has 0 aliphatic heterocycles. The zero-order valence-electron chi connectivity index (χ0n) is 12.8.